The van der Waals surface area contributed by atoms with E-state index in [1.165, 1.54) is 31.5 Å². The van der Waals surface area contributed by atoms with E-state index in [0.717, 1.165) is 6.07 Å². The van der Waals surface area contributed by atoms with E-state index in [-0.39, 0.29) is 5.56 Å². The lowest BCUT2D eigenvalue weighted by molar-refractivity contribution is 0.0600. The molecule has 0 radical (unpaired) electrons. The van der Waals surface area contributed by atoms with E-state index < -0.39 is 17.7 Å². The first kappa shape index (κ1) is 15.4. The van der Waals surface area contributed by atoms with Gasteiger partial charge in [0.1, 0.15) is 5.82 Å². The Kier molecular flexibility index (Phi) is 4.98. The molecule has 0 bridgehead atoms. The predicted molar refractivity (Wildman–Crippen MR) is 79.2 cm³/mol. The lowest BCUT2D eigenvalue weighted by Crippen LogP contribution is -2.17. The minimum atomic E-state index is -0.512. The van der Waals surface area contributed by atoms with E-state index in [1.807, 2.05) is 0 Å². The summed E-state index contributed by atoms with van der Waals surface area (Å²) in [5, 5.41) is 3.78. The number of nitrogens with zero attached hydrogens (tertiary/aromatic N) is 1. The largest absolute Gasteiger partial charge is 0.465 e. The molecule has 1 amide bonds. The van der Waals surface area contributed by atoms with E-state index in [0.29, 0.717) is 11.1 Å². The number of hydrogen-bond acceptors (Lipinski definition) is 4. The minimum Gasteiger partial charge on any atom is -0.465 e. The van der Waals surface area contributed by atoms with Gasteiger partial charge in [0.05, 0.1) is 18.9 Å². The molecular formula is C16H13FN2O3. The molecule has 1 N–H and O–H groups in total. The lowest BCUT2D eigenvalue weighted by Gasteiger charge is -2.00. The molecule has 0 atom stereocenters. The van der Waals surface area contributed by atoms with Crippen LogP contribution in [0.5, 0.6) is 0 Å². The van der Waals surface area contributed by atoms with Crippen molar-refractivity contribution >= 4 is 18.1 Å². The van der Waals surface area contributed by atoms with Gasteiger partial charge in [0.25, 0.3) is 5.91 Å². The molecule has 0 aromatic heterocycles. The van der Waals surface area contributed by atoms with Crippen LogP contribution in [0, 0.1) is 5.82 Å². The Morgan fingerprint density at radius 1 is 1.14 bits per heavy atom. The van der Waals surface area contributed by atoms with E-state index >= 15 is 0 Å². The summed E-state index contributed by atoms with van der Waals surface area (Å²) in [6.45, 7) is 0. The fourth-order valence-corrected chi connectivity index (χ4v) is 1.68. The summed E-state index contributed by atoms with van der Waals surface area (Å²) in [6, 6.07) is 11.8. The highest BCUT2D eigenvalue weighted by molar-refractivity contribution is 5.95. The molecule has 0 saturated carbocycles. The van der Waals surface area contributed by atoms with E-state index in [9.17, 15) is 14.0 Å². The summed E-state index contributed by atoms with van der Waals surface area (Å²) in [6.07, 6.45) is 1.41. The first-order chi connectivity index (χ1) is 10.6. The Morgan fingerprint density at radius 2 is 1.86 bits per heavy atom. The van der Waals surface area contributed by atoms with E-state index in [1.54, 1.807) is 24.3 Å². The number of ether oxygens (including phenoxy) is 1. The Labute approximate surface area is 126 Å². The molecule has 6 heteroatoms. The number of methoxy groups -OCH3 is 1. The Balaban J connectivity index is 1.97. The lowest BCUT2D eigenvalue weighted by atomic mass is 10.1. The van der Waals surface area contributed by atoms with Crippen molar-refractivity contribution in [3.63, 3.8) is 0 Å². The average molecular weight is 300 g/mol. The summed E-state index contributed by atoms with van der Waals surface area (Å²) in [4.78, 5) is 23.0. The Morgan fingerprint density at radius 3 is 2.50 bits per heavy atom. The molecule has 0 fully saturated rings. The molecular weight excluding hydrogens is 287 g/mol. The van der Waals surface area contributed by atoms with E-state index in [2.05, 4.69) is 15.3 Å². The van der Waals surface area contributed by atoms with E-state index in [4.69, 9.17) is 0 Å². The van der Waals surface area contributed by atoms with Crippen LogP contribution in [0.15, 0.2) is 53.6 Å². The third-order valence-corrected chi connectivity index (χ3v) is 2.80. The van der Waals surface area contributed by atoms with Gasteiger partial charge in [0, 0.05) is 5.56 Å². The first-order valence-electron chi connectivity index (χ1n) is 6.37. The van der Waals surface area contributed by atoms with Gasteiger partial charge in [-0.3, -0.25) is 4.79 Å². The van der Waals surface area contributed by atoms with Crippen molar-refractivity contribution in [2.24, 2.45) is 5.10 Å². The minimum absolute atomic E-state index is 0.179. The Hall–Kier alpha value is -3.02. The number of hydrogen-bond donors (Lipinski definition) is 1. The highest BCUT2D eigenvalue weighted by Crippen LogP contribution is 2.05. The quantitative estimate of drug-likeness (QED) is 0.535. The van der Waals surface area contributed by atoms with Crippen molar-refractivity contribution < 1.29 is 18.7 Å². The summed E-state index contributed by atoms with van der Waals surface area (Å²) >= 11 is 0. The molecule has 0 heterocycles. The number of rotatable bonds is 4. The van der Waals surface area contributed by atoms with Gasteiger partial charge >= 0.3 is 5.97 Å². The predicted octanol–water partition coefficient (Wildman–Crippen LogP) is 2.38. The fraction of sp³-hybridized carbons (Fsp3) is 0.0625. The molecule has 0 aliphatic carbocycles. The summed E-state index contributed by atoms with van der Waals surface area (Å²) in [5.41, 5.74) is 3.58. The topological polar surface area (TPSA) is 67.8 Å². The maximum Gasteiger partial charge on any atom is 0.337 e. The summed E-state index contributed by atoms with van der Waals surface area (Å²) in [7, 11) is 1.31. The van der Waals surface area contributed by atoms with Gasteiger partial charge in [-0.25, -0.2) is 14.6 Å². The van der Waals surface area contributed by atoms with Crippen LogP contribution in [0.3, 0.4) is 0 Å². The molecule has 2 aromatic carbocycles. The fourth-order valence-electron chi connectivity index (χ4n) is 1.68. The van der Waals surface area contributed by atoms with Crippen LogP contribution in [0.2, 0.25) is 0 Å². The molecule has 5 nitrogen and oxygen atoms in total. The third-order valence-electron chi connectivity index (χ3n) is 2.80. The van der Waals surface area contributed by atoms with Crippen molar-refractivity contribution in [2.45, 2.75) is 0 Å². The van der Waals surface area contributed by atoms with Crippen molar-refractivity contribution in [2.75, 3.05) is 7.11 Å². The molecule has 22 heavy (non-hydrogen) atoms. The summed E-state index contributed by atoms with van der Waals surface area (Å²) < 4.78 is 17.6. The zero-order valence-electron chi connectivity index (χ0n) is 11.7. The smallest absolute Gasteiger partial charge is 0.337 e. The standard InChI is InChI=1S/C16H13FN2O3/c1-22-16(21)12-7-5-11(6-8-12)10-18-19-15(20)13-3-2-4-14(17)9-13/h2-10H,1H3,(H,19,20)/b18-10-. The Bertz CT molecular complexity index is 712. The molecule has 112 valence electrons. The number of halogens is 1. The molecule has 2 aromatic rings. The van der Waals surface area contributed by atoms with Gasteiger partial charge in [-0.15, -0.1) is 0 Å². The molecule has 0 aliphatic heterocycles. The van der Waals surface area contributed by atoms with Crippen molar-refractivity contribution in [1.82, 2.24) is 5.43 Å². The van der Waals surface area contributed by atoms with Crippen LogP contribution in [0.1, 0.15) is 26.3 Å². The number of carbonyl (C=O) groups excluding carboxylic acids is 2. The van der Waals surface area contributed by atoms with Crippen molar-refractivity contribution in [3.8, 4) is 0 Å². The normalized spacial score (nSPS) is 10.5. The monoisotopic (exact) mass is 300 g/mol. The van der Waals surface area contributed by atoms with Gasteiger partial charge in [0.15, 0.2) is 0 Å². The highest BCUT2D eigenvalue weighted by atomic mass is 19.1. The number of hydrazone groups is 1. The molecule has 0 aliphatic rings. The van der Waals surface area contributed by atoms with Crippen molar-refractivity contribution in [3.05, 3.63) is 71.0 Å². The van der Waals surface area contributed by atoms with Crippen LogP contribution >= 0.6 is 0 Å². The number of carbonyl (C=O) groups is 2. The molecule has 2 rings (SSSR count). The zero-order chi connectivity index (χ0) is 15.9. The zero-order valence-corrected chi connectivity index (χ0v) is 11.7. The molecule has 0 unspecified atom stereocenters. The second kappa shape index (κ2) is 7.12. The van der Waals surface area contributed by atoms with Gasteiger partial charge in [-0.2, -0.15) is 5.10 Å². The molecule has 0 spiro atoms. The SMILES string of the molecule is COC(=O)c1ccc(/C=N\NC(=O)c2cccc(F)c2)cc1. The first-order valence-corrected chi connectivity index (χ1v) is 6.37. The number of amides is 1. The van der Waals surface area contributed by atoms with Crippen LogP contribution in [0.4, 0.5) is 4.39 Å². The van der Waals surface area contributed by atoms with Gasteiger partial charge < -0.3 is 4.74 Å². The van der Waals surface area contributed by atoms with Crippen molar-refractivity contribution in [1.29, 1.82) is 0 Å². The van der Waals surface area contributed by atoms with Gasteiger partial charge in [0.2, 0.25) is 0 Å². The number of nitrogens with one attached hydrogen (secondary N) is 1. The van der Waals surface area contributed by atoms with Gasteiger partial charge in [-0.1, -0.05) is 18.2 Å². The molecule has 0 saturated heterocycles. The summed E-state index contributed by atoms with van der Waals surface area (Å²) in [5.74, 6) is -1.43. The number of benzene rings is 2. The van der Waals surface area contributed by atoms with Crippen LogP contribution in [0.25, 0.3) is 0 Å². The number of esters is 1. The van der Waals surface area contributed by atoms with Crippen LogP contribution in [-0.4, -0.2) is 25.2 Å². The third kappa shape index (κ3) is 3.99. The van der Waals surface area contributed by atoms with Crippen LogP contribution < -0.4 is 5.43 Å². The second-order valence-corrected chi connectivity index (χ2v) is 4.32. The van der Waals surface area contributed by atoms with Gasteiger partial charge in [-0.05, 0) is 35.9 Å². The average Bonchev–Trinajstić information content (AvgIpc) is 2.54. The maximum atomic E-state index is 13.0. The van der Waals surface area contributed by atoms with Crippen LogP contribution in [-0.2, 0) is 4.74 Å². The second-order valence-electron chi connectivity index (χ2n) is 4.32. The highest BCUT2D eigenvalue weighted by Gasteiger charge is 2.05. The maximum absolute atomic E-state index is 13.0.